The van der Waals surface area contributed by atoms with Gasteiger partial charge in [0, 0.05) is 23.0 Å². The zero-order valence-electron chi connectivity index (χ0n) is 11.2. The van der Waals surface area contributed by atoms with Gasteiger partial charge in [-0.2, -0.15) is 0 Å². The summed E-state index contributed by atoms with van der Waals surface area (Å²) < 4.78 is 14.1. The summed E-state index contributed by atoms with van der Waals surface area (Å²) in [7, 11) is 0. The molecule has 0 amide bonds. The Morgan fingerprint density at radius 3 is 2.80 bits per heavy atom. The zero-order valence-corrected chi connectivity index (χ0v) is 13.5. The molecule has 2 aromatic rings. The molecule has 0 atom stereocenters. The summed E-state index contributed by atoms with van der Waals surface area (Å²) in [5.74, 6) is 1.09. The molecule has 0 unspecified atom stereocenters. The Labute approximate surface area is 130 Å². The maximum Gasteiger partial charge on any atom is 0.137 e. The van der Waals surface area contributed by atoms with Gasteiger partial charge >= 0.3 is 0 Å². The maximum atomic E-state index is 13.2. The van der Waals surface area contributed by atoms with Crippen LogP contribution >= 0.6 is 27.5 Å². The van der Waals surface area contributed by atoms with E-state index in [0.717, 1.165) is 15.6 Å². The molecule has 1 heterocycles. The fourth-order valence-electron chi connectivity index (χ4n) is 1.72. The average Bonchev–Trinajstić information content (AvgIpc) is 2.43. The van der Waals surface area contributed by atoms with Crippen molar-refractivity contribution in [2.24, 2.45) is 0 Å². The summed E-state index contributed by atoms with van der Waals surface area (Å²) in [6.45, 7) is 4.27. The van der Waals surface area contributed by atoms with E-state index in [1.807, 2.05) is 13.8 Å². The number of aryl methyl sites for hydroxylation is 1. The van der Waals surface area contributed by atoms with E-state index >= 15 is 0 Å². The van der Waals surface area contributed by atoms with E-state index in [0.29, 0.717) is 29.8 Å². The van der Waals surface area contributed by atoms with E-state index in [-0.39, 0.29) is 5.82 Å². The molecule has 0 fully saturated rings. The highest BCUT2D eigenvalue weighted by molar-refractivity contribution is 9.10. The molecule has 3 nitrogen and oxygen atoms in total. The van der Waals surface area contributed by atoms with Crippen molar-refractivity contribution in [3.63, 3.8) is 0 Å². The molecule has 0 spiro atoms. The predicted octanol–water partition coefficient (Wildman–Crippen LogP) is 4.51. The molecular formula is C14H14BrClFN3. The molecule has 1 aromatic heterocycles. The Balaban J connectivity index is 2.22. The number of hydrogen-bond acceptors (Lipinski definition) is 3. The van der Waals surface area contributed by atoms with Crippen LogP contribution < -0.4 is 5.32 Å². The first-order valence-electron chi connectivity index (χ1n) is 6.22. The molecule has 20 heavy (non-hydrogen) atoms. The lowest BCUT2D eigenvalue weighted by Gasteiger charge is -2.12. The van der Waals surface area contributed by atoms with Gasteiger partial charge in [0.05, 0.1) is 0 Å². The van der Waals surface area contributed by atoms with Gasteiger partial charge in [-0.25, -0.2) is 14.4 Å². The molecule has 6 heteroatoms. The van der Waals surface area contributed by atoms with Crippen molar-refractivity contribution in [3.8, 4) is 0 Å². The highest BCUT2D eigenvalue weighted by Crippen LogP contribution is 2.23. The quantitative estimate of drug-likeness (QED) is 0.817. The van der Waals surface area contributed by atoms with Gasteiger partial charge in [-0.05, 0) is 30.7 Å². The van der Waals surface area contributed by atoms with Gasteiger partial charge in [-0.3, -0.25) is 0 Å². The largest absolute Gasteiger partial charge is 0.366 e. The molecule has 1 aromatic carbocycles. The Hall–Kier alpha value is -1.20. The lowest BCUT2D eigenvalue weighted by molar-refractivity contribution is 0.625. The van der Waals surface area contributed by atoms with Crippen molar-refractivity contribution < 1.29 is 4.39 Å². The first-order valence-corrected chi connectivity index (χ1v) is 7.39. The normalized spacial score (nSPS) is 10.7. The number of halogens is 3. The van der Waals surface area contributed by atoms with Crippen molar-refractivity contribution in [3.05, 3.63) is 50.6 Å². The van der Waals surface area contributed by atoms with Crippen LogP contribution in [0.2, 0.25) is 5.15 Å². The van der Waals surface area contributed by atoms with Crippen molar-refractivity contribution in [1.29, 1.82) is 0 Å². The van der Waals surface area contributed by atoms with Gasteiger partial charge < -0.3 is 5.32 Å². The number of rotatable bonds is 4. The lowest BCUT2D eigenvalue weighted by Crippen LogP contribution is -2.07. The van der Waals surface area contributed by atoms with E-state index in [1.54, 1.807) is 6.07 Å². The first kappa shape index (κ1) is 15.2. The SMILES string of the molecule is CCc1nc(Cl)c(C)c(NCc2cc(F)ccc2Br)n1. The van der Waals surface area contributed by atoms with E-state index in [1.165, 1.54) is 12.1 Å². The molecule has 0 saturated heterocycles. The number of aromatic nitrogens is 2. The van der Waals surface area contributed by atoms with Crippen molar-refractivity contribution >= 4 is 33.3 Å². The average molecular weight is 359 g/mol. The van der Waals surface area contributed by atoms with Crippen molar-refractivity contribution in [2.45, 2.75) is 26.8 Å². The Kier molecular flexibility index (Phi) is 4.94. The zero-order chi connectivity index (χ0) is 14.7. The molecular weight excluding hydrogens is 345 g/mol. The smallest absolute Gasteiger partial charge is 0.137 e. The van der Waals surface area contributed by atoms with Gasteiger partial charge in [0.15, 0.2) is 0 Å². The fraction of sp³-hybridized carbons (Fsp3) is 0.286. The summed E-state index contributed by atoms with van der Waals surface area (Å²) in [6, 6.07) is 4.58. The molecule has 0 bridgehead atoms. The second-order valence-corrected chi connectivity index (χ2v) is 5.56. The first-order chi connectivity index (χ1) is 9.51. The third kappa shape index (κ3) is 3.46. The minimum absolute atomic E-state index is 0.267. The molecule has 0 aliphatic rings. The van der Waals surface area contributed by atoms with E-state index < -0.39 is 0 Å². The third-order valence-electron chi connectivity index (χ3n) is 2.90. The van der Waals surface area contributed by atoms with Gasteiger partial charge in [-0.1, -0.05) is 34.5 Å². The Morgan fingerprint density at radius 2 is 2.10 bits per heavy atom. The molecule has 0 radical (unpaired) electrons. The van der Waals surface area contributed by atoms with E-state index in [4.69, 9.17) is 11.6 Å². The third-order valence-corrected chi connectivity index (χ3v) is 4.04. The highest BCUT2D eigenvalue weighted by atomic mass is 79.9. The maximum absolute atomic E-state index is 13.2. The molecule has 1 N–H and O–H groups in total. The summed E-state index contributed by atoms with van der Waals surface area (Å²) in [6.07, 6.45) is 0.707. The topological polar surface area (TPSA) is 37.8 Å². The van der Waals surface area contributed by atoms with Crippen LogP contribution in [0.3, 0.4) is 0 Å². The minimum Gasteiger partial charge on any atom is -0.366 e. The van der Waals surface area contributed by atoms with E-state index in [2.05, 4.69) is 31.2 Å². The van der Waals surface area contributed by atoms with Crippen LogP contribution in [0.1, 0.15) is 23.9 Å². The van der Waals surface area contributed by atoms with Crippen molar-refractivity contribution in [2.75, 3.05) is 5.32 Å². The Bertz CT molecular complexity index is 634. The van der Waals surface area contributed by atoms with Gasteiger partial charge in [0.25, 0.3) is 0 Å². The van der Waals surface area contributed by atoms with Crippen LogP contribution in [-0.4, -0.2) is 9.97 Å². The number of benzene rings is 1. The number of nitrogens with one attached hydrogen (secondary N) is 1. The molecule has 2 rings (SSSR count). The van der Waals surface area contributed by atoms with Gasteiger partial charge in [0.2, 0.25) is 0 Å². The summed E-state index contributed by atoms with van der Waals surface area (Å²) in [5.41, 5.74) is 1.61. The summed E-state index contributed by atoms with van der Waals surface area (Å²) in [5, 5.41) is 3.62. The van der Waals surface area contributed by atoms with Crippen LogP contribution in [0, 0.1) is 12.7 Å². The van der Waals surface area contributed by atoms with Crippen LogP contribution in [0.5, 0.6) is 0 Å². The molecule has 0 aliphatic heterocycles. The standard InChI is InChI=1S/C14H14BrClFN3/c1-3-12-19-13(16)8(2)14(20-12)18-7-9-6-10(17)4-5-11(9)15/h4-6H,3,7H2,1-2H3,(H,18,19,20). The Morgan fingerprint density at radius 1 is 1.35 bits per heavy atom. The second kappa shape index (κ2) is 6.50. The number of hydrogen-bond donors (Lipinski definition) is 1. The number of nitrogens with zero attached hydrogens (tertiary/aromatic N) is 2. The molecule has 0 saturated carbocycles. The van der Waals surface area contributed by atoms with Gasteiger partial charge in [-0.15, -0.1) is 0 Å². The molecule has 106 valence electrons. The predicted molar refractivity (Wildman–Crippen MR) is 82.6 cm³/mol. The van der Waals surface area contributed by atoms with Crippen LogP contribution in [0.25, 0.3) is 0 Å². The van der Waals surface area contributed by atoms with Gasteiger partial charge in [0.1, 0.15) is 22.6 Å². The fourth-order valence-corrected chi connectivity index (χ4v) is 2.29. The molecule has 0 aliphatic carbocycles. The van der Waals surface area contributed by atoms with Crippen LogP contribution in [0.15, 0.2) is 22.7 Å². The van der Waals surface area contributed by atoms with Crippen LogP contribution in [0.4, 0.5) is 10.2 Å². The minimum atomic E-state index is -0.267. The summed E-state index contributed by atoms with van der Waals surface area (Å²) >= 11 is 9.48. The lowest BCUT2D eigenvalue weighted by atomic mass is 10.2. The van der Waals surface area contributed by atoms with Crippen molar-refractivity contribution in [1.82, 2.24) is 9.97 Å². The highest BCUT2D eigenvalue weighted by Gasteiger charge is 2.09. The monoisotopic (exact) mass is 357 g/mol. The summed E-state index contributed by atoms with van der Waals surface area (Å²) in [4.78, 5) is 8.59. The second-order valence-electron chi connectivity index (χ2n) is 4.35. The van der Waals surface area contributed by atoms with Crippen LogP contribution in [-0.2, 0) is 13.0 Å². The number of anilines is 1. The van der Waals surface area contributed by atoms with E-state index in [9.17, 15) is 4.39 Å².